The number of nitrogens with zero attached hydrogens (tertiary/aromatic N) is 3. The molecule has 0 spiro atoms. The predicted molar refractivity (Wildman–Crippen MR) is 53.9 cm³/mol. The molecule has 2 aromatic rings. The molecule has 0 fully saturated rings. The number of ether oxygens (including phenoxy) is 1. The zero-order chi connectivity index (χ0) is 14.0. The van der Waals surface area contributed by atoms with E-state index < -0.39 is 35.1 Å². The Morgan fingerprint density at radius 2 is 2.16 bits per heavy atom. The number of methoxy groups -OCH3 is 1. The quantitative estimate of drug-likeness (QED) is 0.778. The first-order chi connectivity index (χ1) is 8.93. The van der Waals surface area contributed by atoms with E-state index in [4.69, 9.17) is 0 Å². The third-order valence-electron chi connectivity index (χ3n) is 2.11. The maximum absolute atomic E-state index is 12.7. The number of carbonyl (C=O) groups excluding carboxylic acids is 1. The van der Waals surface area contributed by atoms with E-state index in [0.717, 1.165) is 25.4 Å². The van der Waals surface area contributed by atoms with Gasteiger partial charge in [-0.15, -0.1) is 0 Å². The summed E-state index contributed by atoms with van der Waals surface area (Å²) in [6, 6.07) is 1.96. The van der Waals surface area contributed by atoms with Gasteiger partial charge in [-0.2, -0.15) is 18.2 Å². The highest BCUT2D eigenvalue weighted by Gasteiger charge is 2.35. The van der Waals surface area contributed by atoms with Crippen molar-refractivity contribution >= 4 is 5.97 Å². The molecule has 0 bridgehead atoms. The van der Waals surface area contributed by atoms with Crippen LogP contribution in [0.25, 0.3) is 11.5 Å². The van der Waals surface area contributed by atoms with Gasteiger partial charge in [-0.25, -0.2) is 4.79 Å². The summed E-state index contributed by atoms with van der Waals surface area (Å²) in [5.74, 6) is -1.92. The number of rotatable bonds is 2. The predicted octanol–water partition coefficient (Wildman–Crippen LogP) is 1.94. The van der Waals surface area contributed by atoms with Crippen LogP contribution in [0.1, 0.15) is 16.2 Å². The van der Waals surface area contributed by atoms with Crippen LogP contribution in [0.4, 0.5) is 13.2 Å². The van der Waals surface area contributed by atoms with Crippen LogP contribution in [0.5, 0.6) is 0 Å². The average Bonchev–Trinajstić information content (AvgIpc) is 2.86. The number of alkyl halides is 3. The fourth-order valence-corrected chi connectivity index (χ4v) is 1.30. The lowest BCUT2D eigenvalue weighted by atomic mass is 10.2. The number of hydrogen-bond acceptors (Lipinski definition) is 6. The van der Waals surface area contributed by atoms with Crippen molar-refractivity contribution in [3.05, 3.63) is 29.8 Å². The number of carbonyl (C=O) groups is 1. The van der Waals surface area contributed by atoms with Crippen LogP contribution in [0.3, 0.4) is 0 Å². The van der Waals surface area contributed by atoms with Crippen molar-refractivity contribution in [3.63, 3.8) is 0 Å². The first-order valence-corrected chi connectivity index (χ1v) is 4.88. The van der Waals surface area contributed by atoms with Crippen molar-refractivity contribution < 1.29 is 27.2 Å². The molecule has 100 valence electrons. The monoisotopic (exact) mass is 273 g/mol. The molecule has 0 aliphatic heterocycles. The molecule has 0 saturated heterocycles. The molecule has 2 rings (SSSR count). The van der Waals surface area contributed by atoms with Crippen LogP contribution in [0.2, 0.25) is 0 Å². The number of aromatic nitrogens is 3. The van der Waals surface area contributed by atoms with Crippen LogP contribution in [-0.2, 0) is 10.9 Å². The Hall–Kier alpha value is -2.45. The maximum Gasteiger partial charge on any atom is 0.418 e. The second kappa shape index (κ2) is 4.67. The normalized spacial score (nSPS) is 11.4. The number of hydrogen-bond donors (Lipinski definition) is 0. The fraction of sp³-hybridized carbons (Fsp3) is 0.200. The molecule has 0 aliphatic rings. The van der Waals surface area contributed by atoms with Crippen molar-refractivity contribution in [1.29, 1.82) is 0 Å². The lowest BCUT2D eigenvalue weighted by molar-refractivity contribution is -0.137. The van der Waals surface area contributed by atoms with Crippen molar-refractivity contribution in [3.8, 4) is 11.5 Å². The molecule has 2 aromatic heterocycles. The minimum absolute atomic E-state index is 0.437. The summed E-state index contributed by atoms with van der Waals surface area (Å²) in [6.45, 7) is 0. The number of esters is 1. The highest BCUT2D eigenvalue weighted by Crippen LogP contribution is 2.34. The molecule has 0 saturated carbocycles. The summed E-state index contributed by atoms with van der Waals surface area (Å²) in [4.78, 5) is 18.1. The van der Waals surface area contributed by atoms with E-state index in [2.05, 4.69) is 24.4 Å². The van der Waals surface area contributed by atoms with E-state index in [9.17, 15) is 18.0 Å². The third-order valence-corrected chi connectivity index (χ3v) is 2.11. The zero-order valence-corrected chi connectivity index (χ0v) is 9.43. The summed E-state index contributed by atoms with van der Waals surface area (Å²) >= 11 is 0. The highest BCUT2D eigenvalue weighted by atomic mass is 19.4. The van der Waals surface area contributed by atoms with Gasteiger partial charge in [0.1, 0.15) is 5.69 Å². The van der Waals surface area contributed by atoms with Crippen molar-refractivity contribution in [2.24, 2.45) is 0 Å². The van der Waals surface area contributed by atoms with Crippen molar-refractivity contribution in [2.75, 3.05) is 7.11 Å². The van der Waals surface area contributed by atoms with Gasteiger partial charge >= 0.3 is 18.0 Å². The molecule has 2 heterocycles. The summed E-state index contributed by atoms with van der Waals surface area (Å²) in [5, 5.41) is 3.28. The van der Waals surface area contributed by atoms with Crippen molar-refractivity contribution in [2.45, 2.75) is 6.18 Å². The van der Waals surface area contributed by atoms with Crippen LogP contribution < -0.4 is 0 Å². The molecule has 19 heavy (non-hydrogen) atoms. The van der Waals surface area contributed by atoms with E-state index in [1.54, 1.807) is 0 Å². The molecule has 0 aromatic carbocycles. The largest absolute Gasteiger partial charge is 0.462 e. The molecule has 0 radical (unpaired) electrons. The number of halogens is 3. The van der Waals surface area contributed by atoms with E-state index in [1.165, 1.54) is 0 Å². The molecule has 6 nitrogen and oxygen atoms in total. The molecule has 0 amide bonds. The van der Waals surface area contributed by atoms with Gasteiger partial charge in [-0.1, -0.05) is 5.16 Å². The SMILES string of the molecule is COC(=O)c1nc(-c2ncccc2C(F)(F)F)no1. The van der Waals surface area contributed by atoms with Crippen LogP contribution in [-0.4, -0.2) is 28.2 Å². The molecule has 0 aliphatic carbocycles. The van der Waals surface area contributed by atoms with Gasteiger partial charge < -0.3 is 9.26 Å². The van der Waals surface area contributed by atoms with Gasteiger partial charge in [0, 0.05) is 6.20 Å². The second-order valence-electron chi connectivity index (χ2n) is 3.31. The Morgan fingerprint density at radius 3 is 2.79 bits per heavy atom. The van der Waals surface area contributed by atoms with Gasteiger partial charge in [0.25, 0.3) is 0 Å². The number of pyridine rings is 1. The highest BCUT2D eigenvalue weighted by molar-refractivity contribution is 5.84. The first kappa shape index (κ1) is 13.0. The van der Waals surface area contributed by atoms with Crippen molar-refractivity contribution in [1.82, 2.24) is 15.1 Å². The van der Waals surface area contributed by atoms with Gasteiger partial charge in [0.15, 0.2) is 0 Å². The molecule has 0 atom stereocenters. The molecule has 9 heteroatoms. The zero-order valence-electron chi connectivity index (χ0n) is 9.43. The third kappa shape index (κ3) is 2.54. The Morgan fingerprint density at radius 1 is 1.42 bits per heavy atom. The molecular weight excluding hydrogens is 267 g/mol. The smallest absolute Gasteiger partial charge is 0.418 e. The average molecular weight is 273 g/mol. The van der Waals surface area contributed by atoms with Crippen LogP contribution >= 0.6 is 0 Å². The maximum atomic E-state index is 12.7. The molecule has 0 unspecified atom stereocenters. The minimum atomic E-state index is -4.62. The van der Waals surface area contributed by atoms with Gasteiger partial charge in [-0.05, 0) is 12.1 Å². The Bertz CT molecular complexity index is 609. The standard InChI is InChI=1S/C10H6F3N3O3/c1-18-9(17)8-15-7(16-19-8)6-5(10(11,12)13)3-2-4-14-6/h2-4H,1H3. The summed E-state index contributed by atoms with van der Waals surface area (Å²) in [5.41, 5.74) is -1.54. The topological polar surface area (TPSA) is 78.1 Å². The van der Waals surface area contributed by atoms with Gasteiger partial charge in [0.05, 0.1) is 12.7 Å². The lowest BCUT2D eigenvalue weighted by Gasteiger charge is -2.08. The summed E-state index contributed by atoms with van der Waals surface area (Å²) in [6.07, 6.45) is -3.46. The Balaban J connectivity index is 2.48. The Labute approximate surface area is 104 Å². The minimum Gasteiger partial charge on any atom is -0.462 e. The molecule has 0 N–H and O–H groups in total. The summed E-state index contributed by atoms with van der Waals surface area (Å²) < 4.78 is 47.0. The van der Waals surface area contributed by atoms with E-state index in [0.29, 0.717) is 0 Å². The first-order valence-electron chi connectivity index (χ1n) is 4.88. The van der Waals surface area contributed by atoms with Crippen LogP contribution in [0, 0.1) is 0 Å². The van der Waals surface area contributed by atoms with E-state index in [1.807, 2.05) is 0 Å². The van der Waals surface area contributed by atoms with E-state index >= 15 is 0 Å². The molecular formula is C10H6F3N3O3. The lowest BCUT2D eigenvalue weighted by Crippen LogP contribution is -2.09. The van der Waals surface area contributed by atoms with Gasteiger partial charge in [-0.3, -0.25) is 4.98 Å². The Kier molecular flexibility index (Phi) is 3.19. The van der Waals surface area contributed by atoms with Gasteiger partial charge in [0.2, 0.25) is 5.82 Å². The van der Waals surface area contributed by atoms with E-state index in [-0.39, 0.29) is 0 Å². The summed E-state index contributed by atoms with van der Waals surface area (Å²) in [7, 11) is 1.08. The second-order valence-corrected chi connectivity index (χ2v) is 3.31. The van der Waals surface area contributed by atoms with Crippen LogP contribution in [0.15, 0.2) is 22.9 Å². The fourth-order valence-electron chi connectivity index (χ4n) is 1.30.